The van der Waals surface area contributed by atoms with E-state index in [0.29, 0.717) is 12.2 Å². The van der Waals surface area contributed by atoms with Gasteiger partial charge in [-0.05, 0) is 55.5 Å². The number of ether oxygens (including phenoxy) is 1. The van der Waals surface area contributed by atoms with Crippen molar-refractivity contribution in [2.45, 2.75) is 77.2 Å². The number of hydrogen-bond acceptors (Lipinski definition) is 3. The fourth-order valence-electron chi connectivity index (χ4n) is 3.76. The van der Waals surface area contributed by atoms with E-state index in [1.807, 2.05) is 54.6 Å². The van der Waals surface area contributed by atoms with E-state index in [-0.39, 0.29) is 5.91 Å². The molecule has 1 amide bonds. The average Bonchev–Trinajstić information content (AvgIpc) is 2.78. The lowest BCUT2D eigenvalue weighted by Gasteiger charge is -2.10. The maximum atomic E-state index is 12.5. The van der Waals surface area contributed by atoms with E-state index >= 15 is 0 Å². The van der Waals surface area contributed by atoms with Crippen LogP contribution < -0.4 is 10.2 Å². The Balaban J connectivity index is 1.49. The molecular formula is C26H34N2O2. The lowest BCUT2D eigenvalue weighted by atomic mass is 10.00. The van der Waals surface area contributed by atoms with Crippen LogP contribution in [0.5, 0.6) is 5.75 Å². The molecular weight excluding hydrogens is 372 g/mol. The third-order valence-electron chi connectivity index (χ3n) is 5.61. The fraction of sp³-hybridized carbons (Fsp3) is 0.462. The first kappa shape index (κ1) is 22.1. The zero-order valence-electron chi connectivity index (χ0n) is 17.9. The van der Waals surface area contributed by atoms with Crippen LogP contribution in [0.3, 0.4) is 0 Å². The summed E-state index contributed by atoms with van der Waals surface area (Å²) in [5.41, 5.74) is 5.56. The summed E-state index contributed by atoms with van der Waals surface area (Å²) in [5, 5.41) is 4.48. The Kier molecular flexibility index (Phi) is 9.45. The number of benzene rings is 2. The topological polar surface area (TPSA) is 50.7 Å². The number of hydrogen-bond donors (Lipinski definition) is 1. The monoisotopic (exact) mass is 406 g/mol. The van der Waals surface area contributed by atoms with Crippen LogP contribution in [0.2, 0.25) is 0 Å². The minimum absolute atomic E-state index is 0.149. The minimum atomic E-state index is -0.149. The standard InChI is InChI=1S/C26H34N2O2/c29-26(28-27-24-13-9-6-4-2-1-3-5-7-10-14-24)23-19-17-22(18-20-23)21-30-25-15-11-8-12-16-25/h8,11-12,15-20H,1-7,9-10,13-14,21H2,(H,28,29). The summed E-state index contributed by atoms with van der Waals surface area (Å²) >= 11 is 0. The summed E-state index contributed by atoms with van der Waals surface area (Å²) in [5.74, 6) is 0.691. The summed E-state index contributed by atoms with van der Waals surface area (Å²) in [6.07, 6.45) is 13.6. The molecule has 3 rings (SSSR count). The largest absolute Gasteiger partial charge is 0.489 e. The van der Waals surface area contributed by atoms with Crippen LogP contribution in [0.4, 0.5) is 0 Å². The normalized spacial score (nSPS) is 16.1. The van der Waals surface area contributed by atoms with Crippen molar-refractivity contribution in [1.29, 1.82) is 0 Å². The van der Waals surface area contributed by atoms with Crippen molar-refractivity contribution in [3.8, 4) is 5.75 Å². The summed E-state index contributed by atoms with van der Waals surface area (Å²) in [6, 6.07) is 17.3. The maximum Gasteiger partial charge on any atom is 0.271 e. The summed E-state index contributed by atoms with van der Waals surface area (Å²) in [4.78, 5) is 12.5. The molecule has 30 heavy (non-hydrogen) atoms. The predicted molar refractivity (Wildman–Crippen MR) is 123 cm³/mol. The van der Waals surface area contributed by atoms with Gasteiger partial charge in [-0.15, -0.1) is 0 Å². The van der Waals surface area contributed by atoms with E-state index < -0.39 is 0 Å². The Bertz CT molecular complexity index is 770. The van der Waals surface area contributed by atoms with E-state index in [9.17, 15) is 4.79 Å². The van der Waals surface area contributed by atoms with Gasteiger partial charge in [0.2, 0.25) is 0 Å². The first-order chi connectivity index (χ1) is 14.8. The first-order valence-corrected chi connectivity index (χ1v) is 11.4. The van der Waals surface area contributed by atoms with Gasteiger partial charge < -0.3 is 4.74 Å². The number of carbonyl (C=O) groups excluding carboxylic acids is 1. The van der Waals surface area contributed by atoms with Gasteiger partial charge in [-0.3, -0.25) is 4.79 Å². The second kappa shape index (κ2) is 12.8. The van der Waals surface area contributed by atoms with Crippen LogP contribution in [0.1, 0.15) is 86.6 Å². The predicted octanol–water partition coefficient (Wildman–Crippen LogP) is 6.66. The molecule has 0 aliphatic heterocycles. The molecule has 1 aliphatic rings. The summed E-state index contributed by atoms with van der Waals surface area (Å²) in [6.45, 7) is 0.480. The van der Waals surface area contributed by atoms with Gasteiger partial charge in [0.1, 0.15) is 12.4 Å². The number of amides is 1. The van der Waals surface area contributed by atoms with Crippen LogP contribution in [0.25, 0.3) is 0 Å². The van der Waals surface area contributed by atoms with Crippen LogP contribution >= 0.6 is 0 Å². The molecule has 1 fully saturated rings. The van der Waals surface area contributed by atoms with Crippen LogP contribution in [0, 0.1) is 0 Å². The van der Waals surface area contributed by atoms with E-state index in [1.54, 1.807) is 0 Å². The molecule has 0 unspecified atom stereocenters. The van der Waals surface area contributed by atoms with Crippen molar-refractivity contribution >= 4 is 11.6 Å². The molecule has 1 saturated carbocycles. The molecule has 0 atom stereocenters. The SMILES string of the molecule is O=C(NN=C1CCCCCCCCCCC1)c1ccc(COc2ccccc2)cc1. The Labute approximate surface area is 180 Å². The molecule has 1 aliphatic carbocycles. The van der Waals surface area contributed by atoms with E-state index in [0.717, 1.165) is 29.9 Å². The molecule has 0 bridgehead atoms. The molecule has 2 aromatic rings. The zero-order valence-corrected chi connectivity index (χ0v) is 17.9. The zero-order chi connectivity index (χ0) is 20.9. The number of hydrazone groups is 1. The molecule has 1 N–H and O–H groups in total. The number of nitrogens with zero attached hydrogens (tertiary/aromatic N) is 1. The van der Waals surface area contributed by atoms with Gasteiger partial charge >= 0.3 is 0 Å². The van der Waals surface area contributed by atoms with Crippen LogP contribution in [-0.4, -0.2) is 11.6 Å². The third kappa shape index (κ3) is 8.02. The second-order valence-corrected chi connectivity index (χ2v) is 8.10. The Morgan fingerprint density at radius 3 is 1.93 bits per heavy atom. The van der Waals surface area contributed by atoms with Crippen molar-refractivity contribution in [3.63, 3.8) is 0 Å². The molecule has 0 saturated heterocycles. The molecule has 4 heteroatoms. The summed E-state index contributed by atoms with van der Waals surface area (Å²) in [7, 11) is 0. The van der Waals surface area contributed by atoms with E-state index in [2.05, 4.69) is 10.5 Å². The van der Waals surface area contributed by atoms with Gasteiger partial charge in [-0.25, -0.2) is 5.43 Å². The van der Waals surface area contributed by atoms with Crippen molar-refractivity contribution in [3.05, 3.63) is 65.7 Å². The molecule has 0 spiro atoms. The maximum absolute atomic E-state index is 12.5. The van der Waals surface area contributed by atoms with Gasteiger partial charge in [0.05, 0.1) is 0 Å². The quantitative estimate of drug-likeness (QED) is 0.565. The molecule has 0 heterocycles. The van der Waals surface area contributed by atoms with Gasteiger partial charge in [-0.1, -0.05) is 75.3 Å². The van der Waals surface area contributed by atoms with Gasteiger partial charge in [-0.2, -0.15) is 5.10 Å². The third-order valence-corrected chi connectivity index (χ3v) is 5.61. The highest BCUT2D eigenvalue weighted by Crippen LogP contribution is 2.16. The van der Waals surface area contributed by atoms with Crippen molar-refractivity contribution in [1.82, 2.24) is 5.43 Å². The highest BCUT2D eigenvalue weighted by Gasteiger charge is 2.07. The molecule has 0 aromatic heterocycles. The van der Waals surface area contributed by atoms with Crippen molar-refractivity contribution < 1.29 is 9.53 Å². The van der Waals surface area contributed by atoms with Gasteiger partial charge in [0, 0.05) is 11.3 Å². The number of para-hydroxylation sites is 1. The summed E-state index contributed by atoms with van der Waals surface area (Å²) < 4.78 is 5.75. The number of rotatable bonds is 5. The smallest absolute Gasteiger partial charge is 0.271 e. The lowest BCUT2D eigenvalue weighted by molar-refractivity contribution is 0.0954. The highest BCUT2D eigenvalue weighted by molar-refractivity contribution is 5.95. The lowest BCUT2D eigenvalue weighted by Crippen LogP contribution is -2.20. The molecule has 0 radical (unpaired) electrons. The number of carbonyl (C=O) groups is 1. The second-order valence-electron chi connectivity index (χ2n) is 8.10. The van der Waals surface area contributed by atoms with Crippen LogP contribution in [-0.2, 0) is 6.61 Å². The van der Waals surface area contributed by atoms with E-state index in [1.165, 1.54) is 57.8 Å². The molecule has 2 aromatic carbocycles. The highest BCUT2D eigenvalue weighted by atomic mass is 16.5. The van der Waals surface area contributed by atoms with E-state index in [4.69, 9.17) is 4.74 Å². The average molecular weight is 407 g/mol. The molecule has 160 valence electrons. The Morgan fingerprint density at radius 1 is 0.767 bits per heavy atom. The van der Waals surface area contributed by atoms with Crippen molar-refractivity contribution in [2.75, 3.05) is 0 Å². The number of nitrogens with one attached hydrogen (secondary N) is 1. The Hall–Kier alpha value is -2.62. The van der Waals surface area contributed by atoms with Gasteiger partial charge in [0.15, 0.2) is 0 Å². The van der Waals surface area contributed by atoms with Crippen molar-refractivity contribution in [2.24, 2.45) is 5.10 Å². The molecule has 4 nitrogen and oxygen atoms in total. The minimum Gasteiger partial charge on any atom is -0.489 e. The fourth-order valence-corrected chi connectivity index (χ4v) is 3.76. The van der Waals surface area contributed by atoms with Crippen LogP contribution in [0.15, 0.2) is 59.7 Å². The first-order valence-electron chi connectivity index (χ1n) is 11.4. The van der Waals surface area contributed by atoms with Gasteiger partial charge in [0.25, 0.3) is 5.91 Å². The Morgan fingerprint density at radius 2 is 1.33 bits per heavy atom.